The molecule has 3 aromatic carbocycles. The van der Waals surface area contributed by atoms with Crippen LogP contribution in [0.1, 0.15) is 18.1 Å². The third-order valence-electron chi connectivity index (χ3n) is 5.79. The van der Waals surface area contributed by atoms with E-state index in [1.165, 1.54) is 13.2 Å². The van der Waals surface area contributed by atoms with Gasteiger partial charge in [0.2, 0.25) is 5.91 Å². The Balaban J connectivity index is 1.75. The molecule has 1 aliphatic rings. The topological polar surface area (TPSA) is 66.9 Å². The molecule has 0 unspecified atom stereocenters. The van der Waals surface area contributed by atoms with Gasteiger partial charge >= 0.3 is 0 Å². The summed E-state index contributed by atoms with van der Waals surface area (Å²) in [5, 5.41) is 0.256. The third-order valence-corrected chi connectivity index (χ3v) is 7.87. The van der Waals surface area contributed by atoms with Crippen LogP contribution in [0.3, 0.4) is 0 Å². The molecule has 33 heavy (non-hydrogen) atoms. The zero-order chi connectivity index (χ0) is 23.8. The Morgan fingerprint density at radius 2 is 1.82 bits per heavy atom. The highest BCUT2D eigenvalue weighted by molar-refractivity contribution is 7.92. The lowest BCUT2D eigenvalue weighted by atomic mass is 10.1. The fourth-order valence-electron chi connectivity index (χ4n) is 4.11. The minimum Gasteiger partial charge on any atom is -0.495 e. The van der Waals surface area contributed by atoms with E-state index in [1.807, 2.05) is 38.1 Å². The van der Waals surface area contributed by atoms with Gasteiger partial charge in [0.25, 0.3) is 10.0 Å². The van der Waals surface area contributed by atoms with Crippen LogP contribution in [-0.4, -0.2) is 34.0 Å². The molecule has 0 aromatic heterocycles. The molecule has 0 N–H and O–H groups in total. The number of anilines is 2. The highest BCUT2D eigenvalue weighted by atomic mass is 35.5. The first-order valence-corrected chi connectivity index (χ1v) is 12.4. The number of benzene rings is 3. The van der Waals surface area contributed by atoms with Gasteiger partial charge in [-0.25, -0.2) is 8.42 Å². The Labute approximate surface area is 199 Å². The maximum Gasteiger partial charge on any atom is 0.264 e. The number of ether oxygens (including phenoxy) is 1. The van der Waals surface area contributed by atoms with Crippen molar-refractivity contribution in [2.75, 3.05) is 22.9 Å². The smallest absolute Gasteiger partial charge is 0.264 e. The number of para-hydroxylation sites is 1. The molecular weight excluding hydrogens is 460 g/mol. The van der Waals surface area contributed by atoms with Gasteiger partial charge in [-0.1, -0.05) is 47.5 Å². The van der Waals surface area contributed by atoms with Crippen LogP contribution in [0.15, 0.2) is 71.6 Å². The number of hydrogen-bond acceptors (Lipinski definition) is 4. The quantitative estimate of drug-likeness (QED) is 0.502. The van der Waals surface area contributed by atoms with Crippen LogP contribution in [0.5, 0.6) is 5.75 Å². The number of sulfonamides is 1. The molecule has 172 valence electrons. The molecule has 1 atom stereocenters. The van der Waals surface area contributed by atoms with Crippen molar-refractivity contribution < 1.29 is 17.9 Å². The van der Waals surface area contributed by atoms with Crippen LogP contribution in [-0.2, 0) is 21.2 Å². The van der Waals surface area contributed by atoms with E-state index in [1.54, 1.807) is 41.3 Å². The van der Waals surface area contributed by atoms with Crippen LogP contribution in [0.4, 0.5) is 11.4 Å². The van der Waals surface area contributed by atoms with Crippen LogP contribution in [0, 0.1) is 6.92 Å². The molecule has 0 saturated carbocycles. The number of carbonyl (C=O) groups excluding carboxylic acids is 1. The Bertz CT molecular complexity index is 1290. The van der Waals surface area contributed by atoms with Gasteiger partial charge in [-0.05, 0) is 62.2 Å². The highest BCUT2D eigenvalue weighted by Crippen LogP contribution is 2.35. The van der Waals surface area contributed by atoms with Crippen molar-refractivity contribution in [3.63, 3.8) is 0 Å². The van der Waals surface area contributed by atoms with Crippen LogP contribution < -0.4 is 13.9 Å². The minimum absolute atomic E-state index is 0.0710. The lowest BCUT2D eigenvalue weighted by molar-refractivity contribution is -0.117. The zero-order valence-corrected chi connectivity index (χ0v) is 20.2. The van der Waals surface area contributed by atoms with E-state index in [0.29, 0.717) is 5.75 Å². The number of carbonyl (C=O) groups is 1. The average molecular weight is 485 g/mol. The Kier molecular flexibility index (Phi) is 6.36. The number of aryl methyl sites for hydroxylation is 1. The minimum atomic E-state index is -4.04. The summed E-state index contributed by atoms with van der Waals surface area (Å²) in [4.78, 5) is 15.3. The highest BCUT2D eigenvalue weighted by Gasteiger charge is 2.35. The van der Waals surface area contributed by atoms with Crippen molar-refractivity contribution in [3.05, 3.63) is 82.9 Å². The first-order valence-electron chi connectivity index (χ1n) is 10.6. The summed E-state index contributed by atoms with van der Waals surface area (Å²) in [6, 6.07) is 18.8. The normalized spacial score (nSPS) is 15.3. The van der Waals surface area contributed by atoms with E-state index >= 15 is 0 Å². The van der Waals surface area contributed by atoms with E-state index in [2.05, 4.69) is 0 Å². The monoisotopic (exact) mass is 484 g/mol. The molecule has 3 aromatic rings. The van der Waals surface area contributed by atoms with E-state index < -0.39 is 10.0 Å². The second kappa shape index (κ2) is 9.08. The lowest BCUT2D eigenvalue weighted by Gasteiger charge is -2.29. The second-order valence-corrected chi connectivity index (χ2v) is 10.4. The summed E-state index contributed by atoms with van der Waals surface area (Å²) in [6.07, 6.45) is 0.723. The van der Waals surface area contributed by atoms with Gasteiger partial charge in [0, 0.05) is 11.7 Å². The Hall–Kier alpha value is -3.03. The average Bonchev–Trinajstić information content (AvgIpc) is 3.13. The summed E-state index contributed by atoms with van der Waals surface area (Å²) in [6.45, 7) is 3.48. The first kappa shape index (κ1) is 23.1. The molecule has 6 nitrogen and oxygen atoms in total. The molecular formula is C25H25ClN2O4S. The van der Waals surface area contributed by atoms with Crippen molar-refractivity contribution in [1.82, 2.24) is 0 Å². The fraction of sp³-hybridized carbons (Fsp3) is 0.240. The van der Waals surface area contributed by atoms with E-state index in [4.69, 9.17) is 16.3 Å². The van der Waals surface area contributed by atoms with Gasteiger partial charge in [-0.3, -0.25) is 9.10 Å². The summed E-state index contributed by atoms with van der Waals surface area (Å²) < 4.78 is 33.7. The van der Waals surface area contributed by atoms with E-state index in [-0.39, 0.29) is 34.1 Å². The standard InChI is InChI=1S/C25H25ClN2O4S/c1-17-8-11-21(12-9-17)33(30,31)27(20-10-13-24(32-3)22(26)15-20)16-25(29)28-18(2)14-19-6-4-5-7-23(19)28/h4-13,15,18H,14,16H2,1-3H3/t18-/m1/s1. The van der Waals surface area contributed by atoms with E-state index in [9.17, 15) is 13.2 Å². The Morgan fingerprint density at radius 1 is 1.12 bits per heavy atom. The summed E-state index contributed by atoms with van der Waals surface area (Å²) in [5.41, 5.74) is 3.11. The fourth-order valence-corrected chi connectivity index (χ4v) is 5.77. The van der Waals surface area contributed by atoms with Gasteiger partial charge in [0.15, 0.2) is 0 Å². The molecule has 0 aliphatic carbocycles. The summed E-state index contributed by atoms with van der Waals surface area (Å²) in [5.74, 6) is 0.108. The summed E-state index contributed by atoms with van der Waals surface area (Å²) >= 11 is 6.30. The van der Waals surface area contributed by atoms with Gasteiger partial charge in [-0.2, -0.15) is 0 Å². The molecule has 0 bridgehead atoms. The number of nitrogens with zero attached hydrogens (tertiary/aromatic N) is 2. The van der Waals surface area contributed by atoms with Gasteiger partial charge in [0.05, 0.1) is 22.7 Å². The number of amides is 1. The number of halogens is 1. The molecule has 0 saturated heterocycles. The molecule has 1 aliphatic heterocycles. The van der Waals surface area contributed by atoms with Crippen molar-refractivity contribution in [3.8, 4) is 5.75 Å². The molecule has 8 heteroatoms. The maximum atomic E-state index is 13.7. The number of methoxy groups -OCH3 is 1. The Morgan fingerprint density at radius 3 is 2.48 bits per heavy atom. The zero-order valence-electron chi connectivity index (χ0n) is 18.7. The molecule has 1 heterocycles. The predicted octanol–water partition coefficient (Wildman–Crippen LogP) is 4.83. The van der Waals surface area contributed by atoms with E-state index in [0.717, 1.165) is 27.5 Å². The van der Waals surface area contributed by atoms with Gasteiger partial charge in [0.1, 0.15) is 12.3 Å². The summed E-state index contributed by atoms with van der Waals surface area (Å²) in [7, 11) is -2.56. The maximum absolute atomic E-state index is 13.7. The number of rotatable bonds is 6. The van der Waals surface area contributed by atoms with Crippen molar-refractivity contribution in [1.29, 1.82) is 0 Å². The molecule has 0 fully saturated rings. The predicted molar refractivity (Wildman–Crippen MR) is 131 cm³/mol. The second-order valence-electron chi connectivity index (χ2n) is 8.09. The van der Waals surface area contributed by atoms with Gasteiger partial charge < -0.3 is 9.64 Å². The van der Waals surface area contributed by atoms with Crippen LogP contribution in [0.25, 0.3) is 0 Å². The number of hydrogen-bond donors (Lipinski definition) is 0. The largest absolute Gasteiger partial charge is 0.495 e. The van der Waals surface area contributed by atoms with Crippen LogP contribution >= 0.6 is 11.6 Å². The van der Waals surface area contributed by atoms with Gasteiger partial charge in [-0.15, -0.1) is 0 Å². The first-order chi connectivity index (χ1) is 15.7. The lowest BCUT2D eigenvalue weighted by Crippen LogP contribution is -2.45. The molecule has 1 amide bonds. The van der Waals surface area contributed by atoms with Crippen LogP contribution in [0.2, 0.25) is 5.02 Å². The van der Waals surface area contributed by atoms with Crippen molar-refractivity contribution in [2.45, 2.75) is 31.2 Å². The molecule has 0 spiro atoms. The van der Waals surface area contributed by atoms with Crippen molar-refractivity contribution >= 4 is 38.9 Å². The van der Waals surface area contributed by atoms with Crippen molar-refractivity contribution in [2.24, 2.45) is 0 Å². The number of fused-ring (bicyclic) bond motifs is 1. The third kappa shape index (κ3) is 4.43. The molecule has 0 radical (unpaired) electrons. The SMILES string of the molecule is COc1ccc(N(CC(=O)N2c3ccccc3C[C@H]2C)S(=O)(=O)c2ccc(C)cc2)cc1Cl. The molecule has 4 rings (SSSR count).